The van der Waals surface area contributed by atoms with Crippen LogP contribution in [-0.2, 0) is 16.6 Å². The maximum atomic E-state index is 12.5. The van der Waals surface area contributed by atoms with E-state index in [1.807, 2.05) is 24.3 Å². The topological polar surface area (TPSA) is 108 Å². The van der Waals surface area contributed by atoms with Crippen LogP contribution < -0.4 is 14.2 Å². The number of aromatic nitrogens is 3. The van der Waals surface area contributed by atoms with Gasteiger partial charge in [0.05, 0.1) is 18.4 Å². The summed E-state index contributed by atoms with van der Waals surface area (Å²) in [6.45, 7) is 3.93. The van der Waals surface area contributed by atoms with E-state index < -0.39 is 10.0 Å². The standard InChI is InChI=1S/C17H18N4O5S/c1-11-17(12(2)26-19-11)27(22,23)20-13-7-18-21(8-13)9-14-10-24-15-5-3-4-6-16(15)25-14/h3-8,14,20H,9-10H2,1-2H3/t14-/m1/s1. The van der Waals surface area contributed by atoms with Crippen molar-refractivity contribution in [3.8, 4) is 11.5 Å². The van der Waals surface area contributed by atoms with Gasteiger partial charge in [0, 0.05) is 6.20 Å². The van der Waals surface area contributed by atoms with E-state index in [2.05, 4.69) is 15.0 Å². The van der Waals surface area contributed by atoms with Crippen molar-refractivity contribution in [2.45, 2.75) is 31.4 Å². The number of nitrogens with one attached hydrogen (secondary N) is 1. The number of nitrogens with zero attached hydrogens (tertiary/aromatic N) is 3. The summed E-state index contributed by atoms with van der Waals surface area (Å²) in [6, 6.07) is 7.45. The van der Waals surface area contributed by atoms with Gasteiger partial charge < -0.3 is 14.0 Å². The lowest BCUT2D eigenvalue weighted by Crippen LogP contribution is -2.33. The zero-order valence-electron chi connectivity index (χ0n) is 14.7. The van der Waals surface area contributed by atoms with E-state index in [0.29, 0.717) is 36.0 Å². The minimum atomic E-state index is -3.81. The highest BCUT2D eigenvalue weighted by molar-refractivity contribution is 7.92. The molecule has 1 aliphatic rings. The molecule has 0 fully saturated rings. The van der Waals surface area contributed by atoms with Gasteiger partial charge in [-0.1, -0.05) is 17.3 Å². The average molecular weight is 390 g/mol. The second-order valence-corrected chi connectivity index (χ2v) is 7.83. The zero-order chi connectivity index (χ0) is 19.0. The second kappa shape index (κ2) is 6.62. The fourth-order valence-corrected chi connectivity index (χ4v) is 4.30. The van der Waals surface area contributed by atoms with Crippen LogP contribution in [0.4, 0.5) is 5.69 Å². The lowest BCUT2D eigenvalue weighted by Gasteiger charge is -2.26. The zero-order valence-corrected chi connectivity index (χ0v) is 15.6. The van der Waals surface area contributed by atoms with Crippen molar-refractivity contribution < 1.29 is 22.4 Å². The predicted molar refractivity (Wildman–Crippen MR) is 95.4 cm³/mol. The third-order valence-electron chi connectivity index (χ3n) is 4.08. The molecule has 1 N–H and O–H groups in total. The van der Waals surface area contributed by atoms with Crippen LogP contribution in [0.25, 0.3) is 0 Å². The lowest BCUT2D eigenvalue weighted by molar-refractivity contribution is 0.0759. The minimum absolute atomic E-state index is 0.0378. The Bertz CT molecular complexity index is 1050. The third-order valence-corrected chi connectivity index (χ3v) is 5.71. The number of aryl methyl sites for hydroxylation is 2. The molecule has 0 spiro atoms. The molecule has 3 aromatic rings. The Morgan fingerprint density at radius 1 is 1.26 bits per heavy atom. The van der Waals surface area contributed by atoms with Crippen LogP contribution in [-0.4, -0.2) is 36.1 Å². The van der Waals surface area contributed by atoms with Gasteiger partial charge in [0.15, 0.2) is 28.3 Å². The summed E-state index contributed by atoms with van der Waals surface area (Å²) in [5.74, 6) is 1.63. The van der Waals surface area contributed by atoms with Crippen molar-refractivity contribution in [2.24, 2.45) is 0 Å². The van der Waals surface area contributed by atoms with Gasteiger partial charge >= 0.3 is 0 Å². The number of ether oxygens (including phenoxy) is 2. The number of para-hydroxylation sites is 2. The van der Waals surface area contributed by atoms with Gasteiger partial charge in [-0.15, -0.1) is 0 Å². The molecule has 1 atom stereocenters. The summed E-state index contributed by atoms with van der Waals surface area (Å²) >= 11 is 0. The highest BCUT2D eigenvalue weighted by Gasteiger charge is 2.25. The first kappa shape index (κ1) is 17.4. The Balaban J connectivity index is 1.45. The molecule has 0 saturated heterocycles. The molecule has 0 aliphatic carbocycles. The molecule has 2 aromatic heterocycles. The van der Waals surface area contributed by atoms with Crippen LogP contribution in [0.2, 0.25) is 0 Å². The Labute approximate surface area is 155 Å². The van der Waals surface area contributed by atoms with Crippen molar-refractivity contribution >= 4 is 15.7 Å². The highest BCUT2D eigenvalue weighted by atomic mass is 32.2. The van der Waals surface area contributed by atoms with Crippen LogP contribution in [0.5, 0.6) is 11.5 Å². The Kier molecular flexibility index (Phi) is 4.27. The molecule has 0 saturated carbocycles. The quantitative estimate of drug-likeness (QED) is 0.711. The number of hydrogen-bond acceptors (Lipinski definition) is 7. The first-order valence-corrected chi connectivity index (χ1v) is 9.77. The summed E-state index contributed by atoms with van der Waals surface area (Å²) in [4.78, 5) is 0.0378. The Morgan fingerprint density at radius 2 is 2.04 bits per heavy atom. The third kappa shape index (κ3) is 3.47. The molecule has 1 aromatic carbocycles. The van der Waals surface area contributed by atoms with Gasteiger partial charge in [-0.05, 0) is 26.0 Å². The molecular formula is C17H18N4O5S. The number of rotatable bonds is 5. The van der Waals surface area contributed by atoms with Crippen LogP contribution >= 0.6 is 0 Å². The van der Waals surface area contributed by atoms with E-state index in [0.717, 1.165) is 0 Å². The van der Waals surface area contributed by atoms with Crippen molar-refractivity contribution in [1.29, 1.82) is 0 Å². The van der Waals surface area contributed by atoms with E-state index >= 15 is 0 Å². The van der Waals surface area contributed by atoms with Gasteiger partial charge in [-0.3, -0.25) is 9.40 Å². The molecule has 0 amide bonds. The smallest absolute Gasteiger partial charge is 0.267 e. The number of hydrogen-bond donors (Lipinski definition) is 1. The summed E-state index contributed by atoms with van der Waals surface area (Å²) in [7, 11) is -3.81. The average Bonchev–Trinajstić information content (AvgIpc) is 3.20. The fourth-order valence-electron chi connectivity index (χ4n) is 2.94. The summed E-state index contributed by atoms with van der Waals surface area (Å²) in [5.41, 5.74) is 0.644. The van der Waals surface area contributed by atoms with E-state index in [1.165, 1.54) is 6.20 Å². The molecule has 27 heavy (non-hydrogen) atoms. The van der Waals surface area contributed by atoms with Crippen molar-refractivity contribution in [2.75, 3.05) is 11.3 Å². The monoisotopic (exact) mass is 390 g/mol. The molecule has 9 nitrogen and oxygen atoms in total. The molecule has 10 heteroatoms. The molecule has 0 unspecified atom stereocenters. The molecular weight excluding hydrogens is 372 g/mol. The van der Waals surface area contributed by atoms with Crippen LogP contribution in [0.1, 0.15) is 11.5 Å². The fraction of sp³-hybridized carbons (Fsp3) is 0.294. The van der Waals surface area contributed by atoms with Gasteiger partial charge in [-0.25, -0.2) is 8.42 Å². The normalized spacial score (nSPS) is 16.3. The molecule has 3 heterocycles. The SMILES string of the molecule is Cc1noc(C)c1S(=O)(=O)Nc1cnn(C[C@@H]2COc3ccccc3O2)c1. The lowest BCUT2D eigenvalue weighted by atomic mass is 10.2. The summed E-state index contributed by atoms with van der Waals surface area (Å²) in [6.07, 6.45) is 2.80. The first-order chi connectivity index (χ1) is 12.9. The van der Waals surface area contributed by atoms with Crippen LogP contribution in [0.15, 0.2) is 46.1 Å². The second-order valence-electron chi connectivity index (χ2n) is 6.21. The maximum Gasteiger partial charge on any atom is 0.267 e. The van der Waals surface area contributed by atoms with Crippen molar-refractivity contribution in [3.05, 3.63) is 48.1 Å². The van der Waals surface area contributed by atoms with E-state index in [1.54, 1.807) is 24.7 Å². The first-order valence-electron chi connectivity index (χ1n) is 8.29. The van der Waals surface area contributed by atoms with Crippen LogP contribution in [0, 0.1) is 13.8 Å². The highest BCUT2D eigenvalue weighted by Crippen LogP contribution is 2.31. The van der Waals surface area contributed by atoms with Crippen LogP contribution in [0.3, 0.4) is 0 Å². The van der Waals surface area contributed by atoms with E-state index in [4.69, 9.17) is 14.0 Å². The van der Waals surface area contributed by atoms with E-state index in [-0.39, 0.29) is 16.8 Å². The van der Waals surface area contributed by atoms with Gasteiger partial charge in [0.25, 0.3) is 10.0 Å². The van der Waals surface area contributed by atoms with Crippen molar-refractivity contribution in [3.63, 3.8) is 0 Å². The predicted octanol–water partition coefficient (Wildman–Crippen LogP) is 2.13. The summed E-state index contributed by atoms with van der Waals surface area (Å²) < 4.78 is 45.7. The minimum Gasteiger partial charge on any atom is -0.486 e. The van der Waals surface area contributed by atoms with Gasteiger partial charge in [0.1, 0.15) is 12.3 Å². The number of fused-ring (bicyclic) bond motifs is 1. The van der Waals surface area contributed by atoms with Gasteiger partial charge in [-0.2, -0.15) is 5.10 Å². The molecule has 142 valence electrons. The van der Waals surface area contributed by atoms with E-state index in [9.17, 15) is 8.42 Å². The summed E-state index contributed by atoms with van der Waals surface area (Å²) in [5, 5.41) is 7.87. The van der Waals surface area contributed by atoms with Gasteiger partial charge in [0.2, 0.25) is 0 Å². The largest absolute Gasteiger partial charge is 0.486 e. The number of anilines is 1. The van der Waals surface area contributed by atoms with Crippen molar-refractivity contribution in [1.82, 2.24) is 14.9 Å². The molecule has 1 aliphatic heterocycles. The Morgan fingerprint density at radius 3 is 2.78 bits per heavy atom. The number of sulfonamides is 1. The Hall–Kier alpha value is -3.01. The number of benzene rings is 1. The molecule has 4 rings (SSSR count). The molecule has 0 bridgehead atoms. The molecule has 0 radical (unpaired) electrons. The maximum absolute atomic E-state index is 12.5.